The Morgan fingerprint density at radius 3 is 2.95 bits per heavy atom. The molecule has 0 bridgehead atoms. The van der Waals surface area contributed by atoms with Crippen LogP contribution in [0.2, 0.25) is 0 Å². The Morgan fingerprint density at radius 2 is 2.21 bits per heavy atom. The normalized spacial score (nSPS) is 18.9. The van der Waals surface area contributed by atoms with Crippen molar-refractivity contribution >= 4 is 0 Å². The lowest BCUT2D eigenvalue weighted by Gasteiger charge is -2.17. The molecule has 19 heavy (non-hydrogen) atoms. The van der Waals surface area contributed by atoms with Crippen molar-refractivity contribution in [2.75, 3.05) is 19.7 Å². The summed E-state index contributed by atoms with van der Waals surface area (Å²) >= 11 is 0. The largest absolute Gasteiger partial charge is 0.488 e. The summed E-state index contributed by atoms with van der Waals surface area (Å²) < 4.78 is 5.90. The van der Waals surface area contributed by atoms with Gasteiger partial charge in [-0.05, 0) is 36.9 Å². The van der Waals surface area contributed by atoms with Crippen molar-refractivity contribution in [1.29, 1.82) is 0 Å². The van der Waals surface area contributed by atoms with Crippen LogP contribution in [0.15, 0.2) is 24.3 Å². The van der Waals surface area contributed by atoms with Gasteiger partial charge in [0.15, 0.2) is 0 Å². The zero-order chi connectivity index (χ0) is 13.5. The monoisotopic (exact) mass is 263 g/mol. The predicted octanol–water partition coefficient (Wildman–Crippen LogP) is 2.38. The fourth-order valence-corrected chi connectivity index (χ4v) is 2.76. The second kappa shape index (κ2) is 7.51. The molecule has 3 heteroatoms. The average Bonchev–Trinajstić information content (AvgIpc) is 2.82. The number of hydrogen-bond donors (Lipinski definition) is 2. The minimum atomic E-state index is 0.258. The van der Waals surface area contributed by atoms with Crippen molar-refractivity contribution < 1.29 is 9.84 Å². The highest BCUT2D eigenvalue weighted by Crippen LogP contribution is 2.27. The van der Waals surface area contributed by atoms with Gasteiger partial charge in [0.2, 0.25) is 0 Å². The van der Waals surface area contributed by atoms with E-state index in [2.05, 4.69) is 24.4 Å². The van der Waals surface area contributed by atoms with Gasteiger partial charge >= 0.3 is 0 Å². The molecule has 1 aliphatic heterocycles. The number of ether oxygens (including phenoxy) is 1. The Labute approximate surface area is 116 Å². The Hall–Kier alpha value is -1.06. The Balaban J connectivity index is 1.70. The van der Waals surface area contributed by atoms with E-state index in [1.807, 2.05) is 12.1 Å². The van der Waals surface area contributed by atoms with Gasteiger partial charge in [0.1, 0.15) is 11.9 Å². The number of nitrogens with one attached hydrogen (secondary N) is 1. The van der Waals surface area contributed by atoms with E-state index in [0.717, 1.165) is 31.7 Å². The second-order valence-electron chi connectivity index (χ2n) is 5.38. The summed E-state index contributed by atoms with van der Waals surface area (Å²) in [5.41, 5.74) is 1.31. The molecule has 2 rings (SSSR count). The highest BCUT2D eigenvalue weighted by molar-refractivity contribution is 5.37. The first-order valence-corrected chi connectivity index (χ1v) is 7.39. The fourth-order valence-electron chi connectivity index (χ4n) is 2.76. The van der Waals surface area contributed by atoms with E-state index in [1.54, 1.807) is 0 Å². The number of benzene rings is 1. The average molecular weight is 263 g/mol. The van der Waals surface area contributed by atoms with E-state index >= 15 is 0 Å². The fraction of sp³-hybridized carbons (Fsp3) is 0.625. The highest BCUT2D eigenvalue weighted by atomic mass is 16.5. The van der Waals surface area contributed by atoms with E-state index < -0.39 is 0 Å². The molecular formula is C16H25NO2. The van der Waals surface area contributed by atoms with Crippen LogP contribution in [0.1, 0.15) is 31.7 Å². The van der Waals surface area contributed by atoms with Crippen LogP contribution in [0.4, 0.5) is 0 Å². The van der Waals surface area contributed by atoms with Gasteiger partial charge in [-0.1, -0.05) is 31.5 Å². The van der Waals surface area contributed by atoms with Gasteiger partial charge in [-0.25, -0.2) is 0 Å². The molecule has 1 aromatic rings. The highest BCUT2D eigenvalue weighted by Gasteiger charge is 2.21. The van der Waals surface area contributed by atoms with Crippen molar-refractivity contribution in [2.24, 2.45) is 5.92 Å². The molecule has 2 atom stereocenters. The second-order valence-corrected chi connectivity index (χ2v) is 5.38. The summed E-state index contributed by atoms with van der Waals surface area (Å²) in [5.74, 6) is 1.62. The van der Waals surface area contributed by atoms with Crippen LogP contribution in [-0.4, -0.2) is 30.9 Å². The molecule has 0 amide bonds. The molecule has 0 radical (unpaired) electrons. The van der Waals surface area contributed by atoms with E-state index in [4.69, 9.17) is 9.84 Å². The molecule has 3 nitrogen and oxygen atoms in total. The SMILES string of the molecule is CCCC(CCO)CNCC1Cc2ccccc2O1. The van der Waals surface area contributed by atoms with Crippen LogP contribution < -0.4 is 10.1 Å². The number of rotatable bonds is 8. The van der Waals surface area contributed by atoms with Crippen LogP contribution >= 0.6 is 0 Å². The molecular weight excluding hydrogens is 238 g/mol. The molecule has 0 aliphatic carbocycles. The molecule has 2 N–H and O–H groups in total. The number of para-hydroxylation sites is 1. The molecule has 2 unspecified atom stereocenters. The van der Waals surface area contributed by atoms with Crippen molar-refractivity contribution in [2.45, 2.75) is 38.7 Å². The van der Waals surface area contributed by atoms with Crippen molar-refractivity contribution in [3.05, 3.63) is 29.8 Å². The summed E-state index contributed by atoms with van der Waals surface area (Å²) in [5, 5.41) is 12.5. The van der Waals surface area contributed by atoms with Gasteiger partial charge in [0.25, 0.3) is 0 Å². The van der Waals surface area contributed by atoms with Crippen LogP contribution in [0, 0.1) is 5.92 Å². The first kappa shape index (κ1) is 14.4. The number of hydrogen-bond acceptors (Lipinski definition) is 3. The Kier molecular flexibility index (Phi) is 5.67. The molecule has 1 heterocycles. The van der Waals surface area contributed by atoms with Gasteiger partial charge in [-0.15, -0.1) is 0 Å². The Morgan fingerprint density at radius 1 is 1.37 bits per heavy atom. The van der Waals surface area contributed by atoms with Crippen molar-refractivity contribution in [3.8, 4) is 5.75 Å². The minimum absolute atomic E-state index is 0.258. The number of fused-ring (bicyclic) bond motifs is 1. The van der Waals surface area contributed by atoms with Crippen LogP contribution in [0.5, 0.6) is 5.75 Å². The first-order valence-electron chi connectivity index (χ1n) is 7.39. The topological polar surface area (TPSA) is 41.5 Å². The molecule has 0 saturated heterocycles. The van der Waals surface area contributed by atoms with Crippen LogP contribution in [0.25, 0.3) is 0 Å². The maximum absolute atomic E-state index is 9.04. The molecule has 1 aromatic carbocycles. The summed E-state index contributed by atoms with van der Waals surface area (Å²) in [6, 6.07) is 8.27. The predicted molar refractivity (Wildman–Crippen MR) is 77.5 cm³/mol. The first-order chi connectivity index (χ1) is 9.33. The van der Waals surface area contributed by atoms with Crippen molar-refractivity contribution in [3.63, 3.8) is 0 Å². The smallest absolute Gasteiger partial charge is 0.123 e. The maximum Gasteiger partial charge on any atom is 0.123 e. The molecule has 0 saturated carbocycles. The third-order valence-corrected chi connectivity index (χ3v) is 3.75. The lowest BCUT2D eigenvalue weighted by molar-refractivity contribution is 0.215. The van der Waals surface area contributed by atoms with E-state index in [-0.39, 0.29) is 12.7 Å². The van der Waals surface area contributed by atoms with Gasteiger partial charge in [-0.3, -0.25) is 0 Å². The standard InChI is InChI=1S/C16H25NO2/c1-2-5-13(8-9-18)11-17-12-15-10-14-6-3-4-7-16(14)19-15/h3-4,6-7,13,15,17-18H,2,5,8-12H2,1H3. The molecule has 1 aliphatic rings. The van der Waals surface area contributed by atoms with Gasteiger partial charge < -0.3 is 15.2 Å². The zero-order valence-corrected chi connectivity index (χ0v) is 11.8. The van der Waals surface area contributed by atoms with E-state index in [1.165, 1.54) is 18.4 Å². The van der Waals surface area contributed by atoms with E-state index in [9.17, 15) is 0 Å². The lowest BCUT2D eigenvalue weighted by Crippen LogP contribution is -2.33. The zero-order valence-electron chi connectivity index (χ0n) is 11.8. The summed E-state index contributed by atoms with van der Waals surface area (Å²) in [4.78, 5) is 0. The maximum atomic E-state index is 9.04. The Bertz CT molecular complexity index is 350. The molecule has 106 valence electrons. The molecule has 0 spiro atoms. The van der Waals surface area contributed by atoms with Crippen LogP contribution in [-0.2, 0) is 6.42 Å². The molecule has 0 aromatic heterocycles. The number of aliphatic hydroxyl groups is 1. The third-order valence-electron chi connectivity index (χ3n) is 3.75. The summed E-state index contributed by atoms with van der Waals surface area (Å²) in [6.07, 6.45) is 4.51. The van der Waals surface area contributed by atoms with Gasteiger partial charge in [0, 0.05) is 19.6 Å². The van der Waals surface area contributed by atoms with Crippen LogP contribution in [0.3, 0.4) is 0 Å². The molecule has 0 fully saturated rings. The minimum Gasteiger partial charge on any atom is -0.488 e. The number of aliphatic hydroxyl groups excluding tert-OH is 1. The van der Waals surface area contributed by atoms with Crippen molar-refractivity contribution in [1.82, 2.24) is 5.32 Å². The van der Waals surface area contributed by atoms with E-state index in [0.29, 0.717) is 5.92 Å². The third kappa shape index (κ3) is 4.22. The summed E-state index contributed by atoms with van der Waals surface area (Å²) in [6.45, 7) is 4.35. The summed E-state index contributed by atoms with van der Waals surface area (Å²) in [7, 11) is 0. The lowest BCUT2D eigenvalue weighted by atomic mass is 10.00. The quantitative estimate of drug-likeness (QED) is 0.756. The van der Waals surface area contributed by atoms with Gasteiger partial charge in [-0.2, -0.15) is 0 Å². The van der Waals surface area contributed by atoms with Gasteiger partial charge in [0.05, 0.1) is 0 Å².